The molecule has 49 heavy (non-hydrogen) atoms. The summed E-state index contributed by atoms with van der Waals surface area (Å²) in [4.78, 5) is 28.4. The number of anilines is 1. The van der Waals surface area contributed by atoms with E-state index in [9.17, 15) is 23.3 Å². The molecule has 262 valence electrons. The van der Waals surface area contributed by atoms with Crippen molar-refractivity contribution in [3.8, 4) is 0 Å². The van der Waals surface area contributed by atoms with Crippen LogP contribution in [0.4, 0.5) is 11.4 Å². The minimum atomic E-state index is -4.21. The summed E-state index contributed by atoms with van der Waals surface area (Å²) < 4.78 is 28.6. The van der Waals surface area contributed by atoms with E-state index in [2.05, 4.69) is 55.6 Å². The molecule has 4 N–H and O–H groups in total. The van der Waals surface area contributed by atoms with Crippen molar-refractivity contribution in [1.29, 1.82) is 0 Å². The Morgan fingerprint density at radius 2 is 1.63 bits per heavy atom. The van der Waals surface area contributed by atoms with Gasteiger partial charge >= 0.3 is 0 Å². The number of hydrogen-bond donors (Lipinski definition) is 4. The number of sulfonamides is 1. The lowest BCUT2D eigenvalue weighted by Gasteiger charge is -2.25. The van der Waals surface area contributed by atoms with Gasteiger partial charge in [-0.05, 0) is 93.4 Å². The second kappa shape index (κ2) is 16.0. The number of nitrogens with zero attached hydrogens (tertiary/aromatic N) is 4. The van der Waals surface area contributed by atoms with Crippen LogP contribution in [-0.4, -0.2) is 98.4 Å². The fourth-order valence-electron chi connectivity index (χ4n) is 6.29. The number of aryl methyl sites for hydroxylation is 2. The molecule has 5 rings (SSSR count). The number of rotatable bonds is 13. The Morgan fingerprint density at radius 1 is 0.980 bits per heavy atom. The van der Waals surface area contributed by atoms with Crippen molar-refractivity contribution in [2.45, 2.75) is 42.7 Å². The fraction of sp³-hybridized carbons (Fsp3) is 0.412. The molecule has 13 nitrogen and oxygen atoms in total. The number of carbonyl (C=O) groups excluding carboxylic acids is 1. The van der Waals surface area contributed by atoms with Crippen molar-refractivity contribution < 1.29 is 18.1 Å². The van der Waals surface area contributed by atoms with E-state index in [1.807, 2.05) is 45.4 Å². The van der Waals surface area contributed by atoms with Crippen LogP contribution in [0.2, 0.25) is 0 Å². The third-order valence-electron chi connectivity index (χ3n) is 8.98. The van der Waals surface area contributed by atoms with E-state index in [4.69, 9.17) is 12.2 Å². The largest absolute Gasteiger partial charge is 0.353 e. The summed E-state index contributed by atoms with van der Waals surface area (Å²) in [5.41, 5.74) is 9.83. The number of hydrazine groups is 1. The molecule has 3 aromatic rings. The lowest BCUT2D eigenvalue weighted by Crippen LogP contribution is -2.47. The molecule has 1 aliphatic carbocycles. The Balaban J connectivity index is 1.25. The number of thiocarbonyl (C=S) groups is 1. The Morgan fingerprint density at radius 3 is 2.27 bits per heavy atom. The summed E-state index contributed by atoms with van der Waals surface area (Å²) >= 11 is 5.61. The van der Waals surface area contributed by atoms with Crippen molar-refractivity contribution in [2.75, 3.05) is 59.3 Å². The highest BCUT2D eigenvalue weighted by Gasteiger charge is 2.40. The zero-order valence-corrected chi connectivity index (χ0v) is 29.6. The predicted octanol–water partition coefficient (Wildman–Crippen LogP) is 3.04. The van der Waals surface area contributed by atoms with Gasteiger partial charge in [0.15, 0.2) is 5.11 Å². The topological polar surface area (TPSA) is 152 Å². The quantitative estimate of drug-likeness (QED) is 0.118. The fourth-order valence-corrected chi connectivity index (χ4v) is 8.14. The summed E-state index contributed by atoms with van der Waals surface area (Å²) in [6, 6.07) is 18.8. The molecule has 0 aromatic heterocycles. The average Bonchev–Trinajstić information content (AvgIpc) is 3.54. The molecule has 1 amide bonds. The van der Waals surface area contributed by atoms with Crippen molar-refractivity contribution in [3.05, 3.63) is 99.1 Å². The maximum absolute atomic E-state index is 13.7. The van der Waals surface area contributed by atoms with Gasteiger partial charge < -0.3 is 20.4 Å². The molecule has 2 aliphatic rings. The molecule has 15 heteroatoms. The van der Waals surface area contributed by atoms with Crippen LogP contribution in [-0.2, 0) is 27.7 Å². The van der Waals surface area contributed by atoms with Crippen molar-refractivity contribution in [2.24, 2.45) is 0 Å². The number of nitro groups is 1. The molecule has 1 atom stereocenters. The van der Waals surface area contributed by atoms with Crippen molar-refractivity contribution in [1.82, 2.24) is 30.2 Å². The number of hydrogen-bond acceptors (Lipinski definition) is 9. The summed E-state index contributed by atoms with van der Waals surface area (Å²) in [5, 5.41) is 18.6. The van der Waals surface area contributed by atoms with Gasteiger partial charge in [-0.25, -0.2) is 8.42 Å². The Hall–Kier alpha value is -4.15. The number of nitrogens with one attached hydrogen (secondary N) is 4. The van der Waals surface area contributed by atoms with Crippen LogP contribution in [0.3, 0.4) is 0 Å². The van der Waals surface area contributed by atoms with Gasteiger partial charge in [-0.15, -0.1) is 0 Å². The van der Waals surface area contributed by atoms with Crippen LogP contribution in [0.1, 0.15) is 41.1 Å². The Bertz CT molecular complexity index is 1740. The van der Waals surface area contributed by atoms with Gasteiger partial charge in [-0.3, -0.25) is 25.8 Å². The normalized spacial score (nSPS) is 16.5. The van der Waals surface area contributed by atoms with Gasteiger partial charge in [0.1, 0.15) is 11.7 Å². The molecule has 0 unspecified atom stereocenters. The first kappa shape index (κ1) is 36.1. The Labute approximate surface area is 293 Å². The zero-order chi connectivity index (χ0) is 35.1. The zero-order valence-electron chi connectivity index (χ0n) is 28.0. The molecule has 0 spiro atoms. The molecule has 1 heterocycles. The van der Waals surface area contributed by atoms with Crippen LogP contribution in [0.15, 0.2) is 71.6 Å². The van der Waals surface area contributed by atoms with E-state index in [0.717, 1.165) is 47.4 Å². The third-order valence-corrected chi connectivity index (χ3v) is 11.1. The maximum Gasteiger partial charge on any atom is 0.295 e. The van der Waals surface area contributed by atoms with E-state index < -0.39 is 26.7 Å². The molecule has 1 saturated heterocycles. The molecular formula is C34H44N8O5S2. The number of fused-ring (bicyclic) bond motifs is 2. The standard InChI is InChI=1S/C34H44N8O5S2/c1-39(2)21-22-40(3)20-18-35-33(43)30-13-8-19-41(30)49(46,47)26-16-17-29(31(23-26)42(44)45)37-38-34(48)36-32-27-11-6-4-9-24(27)14-15-25-10-5-7-12-28(25)32/h4-7,9-12,16-17,23,30,32,37H,8,13-15,18-22H2,1-3H3,(H,35,43)(H2,36,38,48)/t30-/m0/s1. The maximum atomic E-state index is 13.7. The monoisotopic (exact) mass is 708 g/mol. The SMILES string of the molecule is CN(C)CCN(C)CCNC(=O)[C@@H]1CCCN1S(=O)(=O)c1ccc(NNC(=S)NC2c3ccccc3CCc3ccccc32)c([N+](=O)[O-])c1. The Kier molecular flexibility index (Phi) is 11.8. The van der Waals surface area contributed by atoms with Crippen LogP contribution in [0, 0.1) is 10.1 Å². The van der Waals surface area contributed by atoms with E-state index in [-0.39, 0.29) is 34.2 Å². The van der Waals surface area contributed by atoms with Crippen LogP contribution < -0.4 is 21.5 Å². The number of nitro benzene ring substituents is 1. The number of amides is 1. The predicted molar refractivity (Wildman–Crippen MR) is 194 cm³/mol. The van der Waals surface area contributed by atoms with Gasteiger partial charge in [-0.2, -0.15) is 4.31 Å². The molecule has 1 aliphatic heterocycles. The van der Waals surface area contributed by atoms with E-state index >= 15 is 0 Å². The first-order chi connectivity index (χ1) is 23.5. The number of likely N-dealkylation sites (N-methyl/N-ethyl adjacent to an activating group) is 2. The smallest absolute Gasteiger partial charge is 0.295 e. The van der Waals surface area contributed by atoms with E-state index in [1.54, 1.807) is 0 Å². The molecule has 0 radical (unpaired) electrons. The second-order valence-electron chi connectivity index (χ2n) is 12.7. The highest BCUT2D eigenvalue weighted by atomic mass is 32.2. The van der Waals surface area contributed by atoms with Gasteiger partial charge in [0.05, 0.1) is 15.9 Å². The summed E-state index contributed by atoms with van der Waals surface area (Å²) in [6.45, 7) is 2.85. The first-order valence-corrected chi connectivity index (χ1v) is 18.2. The van der Waals surface area contributed by atoms with Crippen molar-refractivity contribution in [3.63, 3.8) is 0 Å². The minimum Gasteiger partial charge on any atom is -0.353 e. The second-order valence-corrected chi connectivity index (χ2v) is 15.0. The summed E-state index contributed by atoms with van der Waals surface area (Å²) in [5.74, 6) is -0.376. The number of benzene rings is 3. The van der Waals surface area contributed by atoms with Crippen molar-refractivity contribution >= 4 is 44.6 Å². The highest BCUT2D eigenvalue weighted by Crippen LogP contribution is 2.34. The van der Waals surface area contributed by atoms with Gasteiger partial charge in [0.25, 0.3) is 5.69 Å². The summed E-state index contributed by atoms with van der Waals surface area (Å²) in [7, 11) is 1.73. The van der Waals surface area contributed by atoms with Crippen LogP contribution in [0.5, 0.6) is 0 Å². The highest BCUT2D eigenvalue weighted by molar-refractivity contribution is 7.89. The first-order valence-electron chi connectivity index (χ1n) is 16.3. The van der Waals surface area contributed by atoms with E-state index in [0.29, 0.717) is 25.9 Å². The molecule has 0 bridgehead atoms. The average molecular weight is 709 g/mol. The van der Waals surface area contributed by atoms with Gasteiger partial charge in [0.2, 0.25) is 15.9 Å². The lowest BCUT2D eigenvalue weighted by molar-refractivity contribution is -0.384. The molecular weight excluding hydrogens is 665 g/mol. The lowest BCUT2D eigenvalue weighted by atomic mass is 9.95. The number of carbonyl (C=O) groups is 1. The van der Waals surface area contributed by atoms with Gasteiger partial charge in [0, 0.05) is 38.8 Å². The van der Waals surface area contributed by atoms with E-state index in [1.165, 1.54) is 23.3 Å². The van der Waals surface area contributed by atoms with Crippen LogP contribution in [0.25, 0.3) is 0 Å². The molecule has 1 fully saturated rings. The molecule has 3 aromatic carbocycles. The van der Waals surface area contributed by atoms with Gasteiger partial charge in [-0.1, -0.05) is 48.5 Å². The minimum absolute atomic E-state index is 0.0314. The summed E-state index contributed by atoms with van der Waals surface area (Å²) in [6.07, 6.45) is 2.66. The molecule has 0 saturated carbocycles. The third kappa shape index (κ3) is 8.72. The van der Waals surface area contributed by atoms with Crippen LogP contribution >= 0.6 is 12.2 Å².